The van der Waals surface area contributed by atoms with Crippen LogP contribution in [-0.4, -0.2) is 7.11 Å². The molecule has 2 nitrogen and oxygen atoms in total. The maximum Gasteiger partial charge on any atom is 0.126 e. The van der Waals surface area contributed by atoms with E-state index in [1.807, 2.05) is 36.4 Å². The molecular weight excluding hydrogens is 258 g/mol. The van der Waals surface area contributed by atoms with Crippen LogP contribution >= 0.6 is 11.6 Å². The summed E-state index contributed by atoms with van der Waals surface area (Å²) in [5, 5.41) is 9.90. The fourth-order valence-corrected chi connectivity index (χ4v) is 1.97. The van der Waals surface area contributed by atoms with Crippen LogP contribution in [0.4, 0.5) is 0 Å². The van der Waals surface area contributed by atoms with Gasteiger partial charge in [0.1, 0.15) is 5.75 Å². The van der Waals surface area contributed by atoms with Crippen LogP contribution in [0.2, 0.25) is 5.02 Å². The molecule has 0 fully saturated rings. The smallest absolute Gasteiger partial charge is 0.126 e. The Kier molecular flexibility index (Phi) is 4.22. The Balaban J connectivity index is 2.48. The number of halogens is 1. The Morgan fingerprint density at radius 1 is 1.21 bits per heavy atom. The molecule has 0 atom stereocenters. The van der Waals surface area contributed by atoms with E-state index in [0.29, 0.717) is 10.6 Å². The van der Waals surface area contributed by atoms with Gasteiger partial charge in [-0.3, -0.25) is 0 Å². The number of hydrogen-bond donors (Lipinski definition) is 0. The fraction of sp³-hybridized carbons (Fsp3) is 0.0625. The number of ether oxygens (including phenoxy) is 1. The van der Waals surface area contributed by atoms with E-state index in [4.69, 9.17) is 16.3 Å². The van der Waals surface area contributed by atoms with Gasteiger partial charge in [-0.15, -0.1) is 0 Å². The van der Waals surface area contributed by atoms with Gasteiger partial charge in [-0.1, -0.05) is 41.9 Å². The lowest BCUT2D eigenvalue weighted by atomic mass is 10.0. The van der Waals surface area contributed by atoms with Crippen LogP contribution in [0.15, 0.2) is 48.5 Å². The van der Waals surface area contributed by atoms with E-state index in [1.165, 1.54) is 0 Å². The molecule has 0 heterocycles. The van der Waals surface area contributed by atoms with Gasteiger partial charge in [0, 0.05) is 10.6 Å². The molecule has 2 aromatic carbocycles. The van der Waals surface area contributed by atoms with Crippen LogP contribution in [0.1, 0.15) is 11.1 Å². The van der Waals surface area contributed by atoms with E-state index < -0.39 is 0 Å². The lowest BCUT2D eigenvalue weighted by molar-refractivity contribution is 0.414. The van der Waals surface area contributed by atoms with Crippen LogP contribution in [0.5, 0.6) is 5.75 Å². The van der Waals surface area contributed by atoms with Gasteiger partial charge in [-0.25, -0.2) is 0 Å². The molecule has 0 aromatic heterocycles. The number of benzene rings is 2. The van der Waals surface area contributed by atoms with Crippen molar-refractivity contribution in [3.8, 4) is 11.8 Å². The molecular formula is C16H12ClNO. The van der Waals surface area contributed by atoms with E-state index >= 15 is 0 Å². The average molecular weight is 270 g/mol. The number of nitrogens with zero attached hydrogens (tertiary/aromatic N) is 1. The summed E-state index contributed by atoms with van der Waals surface area (Å²) in [7, 11) is 1.61. The Morgan fingerprint density at radius 3 is 2.68 bits per heavy atom. The highest BCUT2D eigenvalue weighted by Crippen LogP contribution is 2.25. The van der Waals surface area contributed by atoms with Crippen LogP contribution in [0, 0.1) is 11.3 Å². The predicted molar refractivity (Wildman–Crippen MR) is 77.9 cm³/mol. The Bertz CT molecular complexity index is 656. The number of methoxy groups -OCH3 is 1. The van der Waals surface area contributed by atoms with Crippen molar-refractivity contribution >= 4 is 23.3 Å². The highest BCUT2D eigenvalue weighted by molar-refractivity contribution is 6.30. The molecule has 2 rings (SSSR count). The minimum atomic E-state index is 0.548. The molecule has 0 saturated carbocycles. The van der Waals surface area contributed by atoms with Gasteiger partial charge < -0.3 is 4.74 Å². The summed E-state index contributed by atoms with van der Waals surface area (Å²) in [6.07, 6.45) is 1.80. The minimum Gasteiger partial charge on any atom is -0.496 e. The molecule has 0 bridgehead atoms. The summed E-state index contributed by atoms with van der Waals surface area (Å²) in [6, 6.07) is 17.0. The first-order valence-electron chi connectivity index (χ1n) is 5.75. The van der Waals surface area contributed by atoms with E-state index in [-0.39, 0.29) is 0 Å². The van der Waals surface area contributed by atoms with Crippen molar-refractivity contribution in [2.45, 2.75) is 0 Å². The first-order valence-corrected chi connectivity index (χ1v) is 6.13. The second kappa shape index (κ2) is 6.08. The molecule has 0 spiro atoms. The SMILES string of the molecule is COc1ccccc1/C=C(/C#N)c1cccc(Cl)c1. The van der Waals surface area contributed by atoms with Crippen molar-refractivity contribution in [3.63, 3.8) is 0 Å². The maximum atomic E-state index is 9.29. The Hall–Kier alpha value is -2.24. The lowest BCUT2D eigenvalue weighted by Crippen LogP contribution is -1.87. The zero-order valence-electron chi connectivity index (χ0n) is 10.4. The highest BCUT2D eigenvalue weighted by Gasteiger charge is 2.04. The van der Waals surface area contributed by atoms with Crippen LogP contribution in [0.25, 0.3) is 11.6 Å². The first kappa shape index (κ1) is 13.2. The lowest BCUT2D eigenvalue weighted by Gasteiger charge is -2.05. The third-order valence-corrected chi connectivity index (χ3v) is 2.93. The number of allylic oxidation sites excluding steroid dienone is 1. The van der Waals surface area contributed by atoms with E-state index in [0.717, 1.165) is 16.9 Å². The van der Waals surface area contributed by atoms with Crippen molar-refractivity contribution in [2.75, 3.05) is 7.11 Å². The van der Waals surface area contributed by atoms with Crippen molar-refractivity contribution in [1.29, 1.82) is 5.26 Å². The monoisotopic (exact) mass is 269 g/mol. The second-order valence-corrected chi connectivity index (χ2v) is 4.36. The molecule has 94 valence electrons. The van der Waals surface area contributed by atoms with E-state index in [2.05, 4.69) is 6.07 Å². The summed E-state index contributed by atoms with van der Waals surface area (Å²) in [4.78, 5) is 0. The molecule has 3 heteroatoms. The number of nitriles is 1. The summed E-state index contributed by atoms with van der Waals surface area (Å²) in [5.74, 6) is 0.734. The standard InChI is InChI=1S/C16H12ClNO/c1-19-16-8-3-2-5-13(16)9-14(11-18)12-6-4-7-15(17)10-12/h2-10H,1H3/b14-9-. The van der Waals surface area contributed by atoms with Gasteiger partial charge in [0.05, 0.1) is 18.8 Å². The molecule has 19 heavy (non-hydrogen) atoms. The van der Waals surface area contributed by atoms with E-state index in [9.17, 15) is 5.26 Å². The first-order chi connectivity index (χ1) is 9.24. The van der Waals surface area contributed by atoms with Crippen molar-refractivity contribution in [3.05, 3.63) is 64.7 Å². The molecule has 0 amide bonds. The maximum absolute atomic E-state index is 9.29. The zero-order chi connectivity index (χ0) is 13.7. The molecule has 0 aliphatic carbocycles. The average Bonchev–Trinajstić information content (AvgIpc) is 2.45. The van der Waals surface area contributed by atoms with Crippen molar-refractivity contribution in [1.82, 2.24) is 0 Å². The van der Waals surface area contributed by atoms with E-state index in [1.54, 1.807) is 25.3 Å². The van der Waals surface area contributed by atoms with Gasteiger partial charge >= 0.3 is 0 Å². The van der Waals surface area contributed by atoms with Crippen LogP contribution < -0.4 is 4.74 Å². The minimum absolute atomic E-state index is 0.548. The topological polar surface area (TPSA) is 33.0 Å². The summed E-state index contributed by atoms with van der Waals surface area (Å²) < 4.78 is 5.27. The summed E-state index contributed by atoms with van der Waals surface area (Å²) >= 11 is 5.95. The largest absolute Gasteiger partial charge is 0.496 e. The molecule has 0 aliphatic rings. The number of para-hydroxylation sites is 1. The van der Waals surface area contributed by atoms with Crippen molar-refractivity contribution < 1.29 is 4.74 Å². The molecule has 0 saturated heterocycles. The molecule has 0 unspecified atom stereocenters. The third kappa shape index (κ3) is 3.15. The summed E-state index contributed by atoms with van der Waals surface area (Å²) in [6.45, 7) is 0. The normalized spacial score (nSPS) is 10.9. The van der Waals surface area contributed by atoms with Gasteiger partial charge in [0.15, 0.2) is 0 Å². The van der Waals surface area contributed by atoms with Crippen LogP contribution in [0.3, 0.4) is 0 Å². The van der Waals surface area contributed by atoms with Gasteiger partial charge in [-0.05, 0) is 29.8 Å². The number of hydrogen-bond acceptors (Lipinski definition) is 2. The van der Waals surface area contributed by atoms with Gasteiger partial charge in [-0.2, -0.15) is 5.26 Å². The van der Waals surface area contributed by atoms with Crippen molar-refractivity contribution in [2.24, 2.45) is 0 Å². The van der Waals surface area contributed by atoms with Gasteiger partial charge in [0.25, 0.3) is 0 Å². The Morgan fingerprint density at radius 2 is 2.00 bits per heavy atom. The fourth-order valence-electron chi connectivity index (χ4n) is 1.78. The molecule has 0 aliphatic heterocycles. The molecule has 2 aromatic rings. The van der Waals surface area contributed by atoms with Crippen LogP contribution in [-0.2, 0) is 0 Å². The molecule has 0 radical (unpaired) electrons. The highest BCUT2D eigenvalue weighted by atomic mass is 35.5. The number of rotatable bonds is 3. The quantitative estimate of drug-likeness (QED) is 0.611. The second-order valence-electron chi connectivity index (χ2n) is 3.92. The molecule has 0 N–H and O–H groups in total. The zero-order valence-corrected chi connectivity index (χ0v) is 11.2. The summed E-state index contributed by atoms with van der Waals surface area (Å²) in [5.41, 5.74) is 2.20. The Labute approximate surface area is 117 Å². The predicted octanol–water partition coefficient (Wildman–Crippen LogP) is 4.41. The van der Waals surface area contributed by atoms with Gasteiger partial charge in [0.2, 0.25) is 0 Å². The third-order valence-electron chi connectivity index (χ3n) is 2.69.